The first kappa shape index (κ1) is 24.9. The number of thioether (sulfide) groups is 1. The molecule has 1 spiro atoms. The topological polar surface area (TPSA) is 53.7 Å². The van der Waals surface area contributed by atoms with Crippen molar-refractivity contribution in [3.05, 3.63) is 52.9 Å². The molecule has 3 aliphatic rings. The fraction of sp³-hybridized carbons (Fsp3) is 0.500. The second-order valence-electron chi connectivity index (χ2n) is 10.1. The molecule has 0 bridgehead atoms. The number of amides is 1. The number of carbonyl (C=O) groups is 1. The maximum atomic E-state index is 14.5. The standard InChI is InChI=1S/C26H27ClF3N5OS/c27-21-15-22-31-16-20-19(35(22)32-21)3-1-11-33(20)18-6-4-17(5-7-18)23(26(28,29)30)34-12-2-8-25(24(34)36)9-13-37-14-10-25/h4-7,15-16,23H,1-3,8-14H2/t23-/m0/s1. The molecule has 0 aliphatic carbocycles. The number of hydrogen-bond donors (Lipinski definition) is 0. The number of piperidine rings is 1. The van der Waals surface area contributed by atoms with E-state index in [1.54, 1.807) is 40.7 Å². The van der Waals surface area contributed by atoms with Gasteiger partial charge in [-0.3, -0.25) is 4.79 Å². The molecule has 1 atom stereocenters. The Morgan fingerprint density at radius 2 is 1.81 bits per heavy atom. The molecule has 2 fully saturated rings. The third-order valence-corrected chi connectivity index (χ3v) is 9.15. The van der Waals surface area contributed by atoms with E-state index in [1.807, 2.05) is 4.90 Å². The highest BCUT2D eigenvalue weighted by Crippen LogP contribution is 2.48. The predicted octanol–water partition coefficient (Wildman–Crippen LogP) is 6.21. The summed E-state index contributed by atoms with van der Waals surface area (Å²) in [5.41, 5.74) is 2.72. The lowest BCUT2D eigenvalue weighted by molar-refractivity contribution is -0.200. The van der Waals surface area contributed by atoms with Crippen LogP contribution in [0.5, 0.6) is 0 Å². The lowest BCUT2D eigenvalue weighted by atomic mass is 9.73. The van der Waals surface area contributed by atoms with Crippen LogP contribution in [0.1, 0.15) is 49.4 Å². The lowest BCUT2D eigenvalue weighted by Gasteiger charge is -2.46. The van der Waals surface area contributed by atoms with Gasteiger partial charge >= 0.3 is 6.18 Å². The van der Waals surface area contributed by atoms with E-state index in [1.165, 1.54) is 12.1 Å². The summed E-state index contributed by atoms with van der Waals surface area (Å²) in [7, 11) is 0. The SMILES string of the molecule is O=C1N([C@@H](c2ccc(N3CCCc4c3cnc3cc(Cl)nn43)cc2)C(F)(F)F)CCCC12CCSCC2. The van der Waals surface area contributed by atoms with Crippen LogP contribution in [-0.2, 0) is 11.2 Å². The van der Waals surface area contributed by atoms with Crippen LogP contribution in [0.25, 0.3) is 5.65 Å². The second-order valence-corrected chi connectivity index (χ2v) is 11.7. The molecular formula is C26H27ClF3N5OS. The molecule has 5 heterocycles. The predicted molar refractivity (Wildman–Crippen MR) is 139 cm³/mol. The van der Waals surface area contributed by atoms with E-state index >= 15 is 0 Å². The Kier molecular flexibility index (Phi) is 6.30. The average molecular weight is 550 g/mol. The molecule has 2 saturated heterocycles. The van der Waals surface area contributed by atoms with E-state index in [9.17, 15) is 18.0 Å². The van der Waals surface area contributed by atoms with Gasteiger partial charge in [-0.25, -0.2) is 9.50 Å². The van der Waals surface area contributed by atoms with Gasteiger partial charge in [0.15, 0.2) is 16.8 Å². The monoisotopic (exact) mass is 549 g/mol. The zero-order valence-electron chi connectivity index (χ0n) is 20.2. The molecule has 196 valence electrons. The number of carbonyl (C=O) groups excluding carboxylic acids is 1. The van der Waals surface area contributed by atoms with Gasteiger partial charge in [-0.2, -0.15) is 30.0 Å². The summed E-state index contributed by atoms with van der Waals surface area (Å²) in [5, 5.41) is 4.71. The molecule has 3 aromatic rings. The fourth-order valence-electron chi connectivity index (χ4n) is 6.15. The summed E-state index contributed by atoms with van der Waals surface area (Å²) in [5.74, 6) is 1.32. The van der Waals surface area contributed by atoms with Crippen LogP contribution in [-0.4, -0.2) is 56.2 Å². The molecule has 6 rings (SSSR count). The van der Waals surface area contributed by atoms with Crippen LogP contribution in [0.3, 0.4) is 0 Å². The van der Waals surface area contributed by atoms with Crippen LogP contribution in [0.2, 0.25) is 5.15 Å². The summed E-state index contributed by atoms with van der Waals surface area (Å²) >= 11 is 7.85. The van der Waals surface area contributed by atoms with Crippen LogP contribution in [0.15, 0.2) is 36.5 Å². The molecule has 1 amide bonds. The number of anilines is 2. The first-order valence-corrected chi connectivity index (χ1v) is 14.2. The summed E-state index contributed by atoms with van der Waals surface area (Å²) in [6.07, 6.45) is 1.47. The van der Waals surface area contributed by atoms with E-state index < -0.39 is 17.6 Å². The van der Waals surface area contributed by atoms with Crippen LogP contribution in [0.4, 0.5) is 24.5 Å². The van der Waals surface area contributed by atoms with Gasteiger partial charge < -0.3 is 9.80 Å². The third-order valence-electron chi connectivity index (χ3n) is 7.98. The molecule has 2 aromatic heterocycles. The summed E-state index contributed by atoms with van der Waals surface area (Å²) < 4.78 is 45.2. The van der Waals surface area contributed by atoms with Crippen molar-refractivity contribution < 1.29 is 18.0 Å². The Balaban J connectivity index is 1.32. The number of fused-ring (bicyclic) bond motifs is 3. The molecule has 11 heteroatoms. The lowest BCUT2D eigenvalue weighted by Crippen LogP contribution is -2.54. The second kappa shape index (κ2) is 9.38. The summed E-state index contributed by atoms with van der Waals surface area (Å²) in [6.45, 7) is 0.843. The zero-order chi connectivity index (χ0) is 25.8. The molecular weight excluding hydrogens is 523 g/mol. The Labute approximate surface area is 222 Å². The number of rotatable bonds is 3. The average Bonchev–Trinajstić information content (AvgIpc) is 3.28. The van der Waals surface area contributed by atoms with E-state index in [0.717, 1.165) is 46.3 Å². The Hall–Kier alpha value is -2.46. The minimum Gasteiger partial charge on any atom is -0.339 e. The van der Waals surface area contributed by atoms with Crippen molar-refractivity contribution in [2.24, 2.45) is 5.41 Å². The normalized spacial score (nSPS) is 20.9. The third kappa shape index (κ3) is 4.35. The highest BCUT2D eigenvalue weighted by atomic mass is 35.5. The number of aryl methyl sites for hydroxylation is 1. The molecule has 3 aliphatic heterocycles. The smallest absolute Gasteiger partial charge is 0.339 e. The minimum atomic E-state index is -4.56. The van der Waals surface area contributed by atoms with Crippen LogP contribution >= 0.6 is 23.4 Å². The number of likely N-dealkylation sites (tertiary alicyclic amines) is 1. The fourth-order valence-corrected chi connectivity index (χ4v) is 7.60. The maximum absolute atomic E-state index is 14.5. The molecule has 1 aromatic carbocycles. The number of aromatic nitrogens is 3. The van der Waals surface area contributed by atoms with E-state index in [4.69, 9.17) is 11.6 Å². The molecule has 0 unspecified atom stereocenters. The highest BCUT2D eigenvalue weighted by Gasteiger charge is 2.53. The number of alkyl halides is 3. The van der Waals surface area contributed by atoms with Gasteiger partial charge in [-0.15, -0.1) is 0 Å². The van der Waals surface area contributed by atoms with Crippen molar-refractivity contribution in [3.63, 3.8) is 0 Å². The Morgan fingerprint density at radius 1 is 1.05 bits per heavy atom. The van der Waals surface area contributed by atoms with Crippen molar-refractivity contribution in [2.75, 3.05) is 29.5 Å². The van der Waals surface area contributed by atoms with Gasteiger partial charge in [0, 0.05) is 24.8 Å². The summed E-state index contributed by atoms with van der Waals surface area (Å²) in [4.78, 5) is 21.1. The molecule has 37 heavy (non-hydrogen) atoms. The van der Waals surface area contributed by atoms with Crippen LogP contribution in [0, 0.1) is 5.41 Å². The Bertz CT molecular complexity index is 1320. The largest absolute Gasteiger partial charge is 0.413 e. The number of halogens is 4. The van der Waals surface area contributed by atoms with Gasteiger partial charge in [0.25, 0.3) is 0 Å². The minimum absolute atomic E-state index is 0.0940. The number of hydrogen-bond acceptors (Lipinski definition) is 5. The number of nitrogens with zero attached hydrogens (tertiary/aromatic N) is 5. The molecule has 0 N–H and O–H groups in total. The quantitative estimate of drug-likeness (QED) is 0.389. The van der Waals surface area contributed by atoms with E-state index in [2.05, 4.69) is 10.1 Å². The van der Waals surface area contributed by atoms with Crippen LogP contribution < -0.4 is 4.90 Å². The van der Waals surface area contributed by atoms with Crippen molar-refractivity contribution in [1.29, 1.82) is 0 Å². The summed E-state index contributed by atoms with van der Waals surface area (Å²) in [6, 6.07) is 6.22. The molecule has 0 saturated carbocycles. The zero-order valence-corrected chi connectivity index (χ0v) is 21.7. The van der Waals surface area contributed by atoms with E-state index in [-0.39, 0.29) is 18.0 Å². The first-order chi connectivity index (χ1) is 17.8. The van der Waals surface area contributed by atoms with Gasteiger partial charge in [-0.05, 0) is 67.7 Å². The molecule has 0 radical (unpaired) electrons. The maximum Gasteiger partial charge on any atom is 0.413 e. The van der Waals surface area contributed by atoms with Crippen molar-refractivity contribution >= 4 is 46.3 Å². The van der Waals surface area contributed by atoms with Crippen molar-refractivity contribution in [3.8, 4) is 0 Å². The van der Waals surface area contributed by atoms with Gasteiger partial charge in [0.1, 0.15) is 0 Å². The van der Waals surface area contributed by atoms with Crippen molar-refractivity contribution in [1.82, 2.24) is 19.5 Å². The first-order valence-electron chi connectivity index (χ1n) is 12.6. The Morgan fingerprint density at radius 3 is 2.54 bits per heavy atom. The molecule has 6 nitrogen and oxygen atoms in total. The van der Waals surface area contributed by atoms with Gasteiger partial charge in [0.2, 0.25) is 5.91 Å². The van der Waals surface area contributed by atoms with Gasteiger partial charge in [-0.1, -0.05) is 23.7 Å². The number of benzene rings is 1. The van der Waals surface area contributed by atoms with Gasteiger partial charge in [0.05, 0.1) is 23.0 Å². The van der Waals surface area contributed by atoms with E-state index in [0.29, 0.717) is 43.0 Å². The van der Waals surface area contributed by atoms with Crippen molar-refractivity contribution in [2.45, 2.75) is 50.7 Å². The highest BCUT2D eigenvalue weighted by molar-refractivity contribution is 7.99.